The van der Waals surface area contributed by atoms with Gasteiger partial charge in [-0.1, -0.05) is 15.9 Å². The lowest BCUT2D eigenvalue weighted by Gasteiger charge is -2.00. The van der Waals surface area contributed by atoms with E-state index < -0.39 is 0 Å². The molecule has 0 bridgehead atoms. The number of halogens is 2. The molecule has 0 aliphatic rings. The lowest BCUT2D eigenvalue weighted by molar-refractivity contribution is 0.606. The molecule has 0 saturated carbocycles. The summed E-state index contributed by atoms with van der Waals surface area (Å²) in [6.45, 7) is 0. The molecule has 6 heteroatoms. The Balaban J connectivity index is 2.57. The van der Waals surface area contributed by atoms with Crippen molar-refractivity contribution in [2.45, 2.75) is 0 Å². The Kier molecular flexibility index (Phi) is 2.05. The molecule has 0 atom stereocenters. The van der Waals surface area contributed by atoms with Gasteiger partial charge in [0.25, 0.3) is 0 Å². The van der Waals surface area contributed by atoms with Crippen LogP contribution in [0.5, 0.6) is 0 Å². The van der Waals surface area contributed by atoms with E-state index in [0.29, 0.717) is 5.69 Å². The normalized spacial score (nSPS) is 10.3. The quantitative estimate of drug-likeness (QED) is 0.763. The molecular formula is C7H4BrFN4. The topological polar surface area (TPSA) is 43.6 Å². The molecule has 1 aromatic carbocycles. The zero-order chi connectivity index (χ0) is 9.26. The molecule has 0 aliphatic heterocycles. The van der Waals surface area contributed by atoms with Crippen molar-refractivity contribution in [2.75, 3.05) is 0 Å². The SMILES string of the molecule is Fc1ccc(Br)cc1-n1cnnn1. The third-order valence-electron chi connectivity index (χ3n) is 1.50. The number of tetrazole rings is 1. The summed E-state index contributed by atoms with van der Waals surface area (Å²) in [5.41, 5.74) is 0.319. The molecule has 1 heterocycles. The fraction of sp³-hybridized carbons (Fsp3) is 0. The summed E-state index contributed by atoms with van der Waals surface area (Å²) in [5.74, 6) is -0.365. The lowest BCUT2D eigenvalue weighted by Crippen LogP contribution is -1.98. The molecule has 66 valence electrons. The molecule has 0 saturated heterocycles. The van der Waals surface area contributed by atoms with Crippen molar-refractivity contribution in [3.8, 4) is 5.69 Å². The first-order valence-corrected chi connectivity index (χ1v) is 4.25. The summed E-state index contributed by atoms with van der Waals surface area (Å²) in [6.07, 6.45) is 1.34. The van der Waals surface area contributed by atoms with Crippen molar-refractivity contribution in [3.05, 3.63) is 34.8 Å². The number of rotatable bonds is 1. The number of hydrogen-bond donors (Lipinski definition) is 0. The van der Waals surface area contributed by atoms with Crippen LogP contribution in [0.3, 0.4) is 0 Å². The van der Waals surface area contributed by atoms with Crippen LogP contribution in [0.4, 0.5) is 4.39 Å². The van der Waals surface area contributed by atoms with Gasteiger partial charge in [0.1, 0.15) is 17.8 Å². The highest BCUT2D eigenvalue weighted by atomic mass is 79.9. The summed E-state index contributed by atoms with van der Waals surface area (Å²) in [7, 11) is 0. The van der Waals surface area contributed by atoms with Gasteiger partial charge in [0.15, 0.2) is 0 Å². The summed E-state index contributed by atoms with van der Waals surface area (Å²) < 4.78 is 15.2. The van der Waals surface area contributed by atoms with Crippen molar-refractivity contribution in [2.24, 2.45) is 0 Å². The van der Waals surface area contributed by atoms with Gasteiger partial charge in [-0.3, -0.25) is 0 Å². The Labute approximate surface area is 81.5 Å². The van der Waals surface area contributed by atoms with Gasteiger partial charge in [0, 0.05) is 4.47 Å². The Hall–Kier alpha value is -1.30. The van der Waals surface area contributed by atoms with Gasteiger partial charge < -0.3 is 0 Å². The van der Waals surface area contributed by atoms with Gasteiger partial charge in [-0.05, 0) is 28.6 Å². The van der Waals surface area contributed by atoms with E-state index in [0.717, 1.165) is 4.47 Å². The van der Waals surface area contributed by atoms with Crippen molar-refractivity contribution in [1.82, 2.24) is 20.2 Å². The highest BCUT2D eigenvalue weighted by molar-refractivity contribution is 9.10. The van der Waals surface area contributed by atoms with E-state index in [1.165, 1.54) is 17.1 Å². The average Bonchev–Trinajstić information content (AvgIpc) is 2.61. The van der Waals surface area contributed by atoms with Crippen LogP contribution in [0.25, 0.3) is 5.69 Å². The third-order valence-corrected chi connectivity index (χ3v) is 2.00. The molecule has 0 spiro atoms. The standard InChI is InChI=1S/C7H4BrFN4/c8-5-1-2-6(9)7(3-5)13-4-10-11-12-13/h1-4H. The average molecular weight is 243 g/mol. The fourth-order valence-corrected chi connectivity index (χ4v) is 1.28. The van der Waals surface area contributed by atoms with E-state index in [9.17, 15) is 4.39 Å². The molecule has 2 aromatic rings. The Morgan fingerprint density at radius 3 is 2.92 bits per heavy atom. The van der Waals surface area contributed by atoms with Crippen molar-refractivity contribution in [3.63, 3.8) is 0 Å². The van der Waals surface area contributed by atoms with Gasteiger partial charge in [-0.15, -0.1) is 5.10 Å². The van der Waals surface area contributed by atoms with E-state index in [4.69, 9.17) is 0 Å². The minimum atomic E-state index is -0.365. The largest absolute Gasteiger partial charge is 0.205 e. The van der Waals surface area contributed by atoms with E-state index in [-0.39, 0.29) is 5.82 Å². The molecular weight excluding hydrogens is 239 g/mol. The molecule has 0 amide bonds. The van der Waals surface area contributed by atoms with Crippen molar-refractivity contribution < 1.29 is 4.39 Å². The number of benzene rings is 1. The van der Waals surface area contributed by atoms with Crippen LogP contribution in [0.2, 0.25) is 0 Å². The Bertz CT molecular complexity index is 414. The highest BCUT2D eigenvalue weighted by Gasteiger charge is 2.05. The van der Waals surface area contributed by atoms with Gasteiger partial charge in [-0.2, -0.15) is 4.68 Å². The second kappa shape index (κ2) is 3.21. The van der Waals surface area contributed by atoms with Gasteiger partial charge in [-0.25, -0.2) is 4.39 Å². The van der Waals surface area contributed by atoms with Crippen LogP contribution in [-0.4, -0.2) is 20.2 Å². The third kappa shape index (κ3) is 1.57. The second-order valence-corrected chi connectivity index (χ2v) is 3.27. The smallest absolute Gasteiger partial charge is 0.149 e. The van der Waals surface area contributed by atoms with Crippen LogP contribution in [0.1, 0.15) is 0 Å². The minimum absolute atomic E-state index is 0.319. The molecule has 1 aromatic heterocycles. The summed E-state index contributed by atoms with van der Waals surface area (Å²) in [6, 6.07) is 4.57. The highest BCUT2D eigenvalue weighted by Crippen LogP contribution is 2.17. The monoisotopic (exact) mass is 242 g/mol. The van der Waals surface area contributed by atoms with Crippen LogP contribution >= 0.6 is 15.9 Å². The second-order valence-electron chi connectivity index (χ2n) is 2.35. The molecule has 13 heavy (non-hydrogen) atoms. The Morgan fingerprint density at radius 2 is 2.23 bits per heavy atom. The first-order valence-electron chi connectivity index (χ1n) is 3.46. The molecule has 0 aliphatic carbocycles. The Morgan fingerprint density at radius 1 is 1.38 bits per heavy atom. The first kappa shape index (κ1) is 8.31. The minimum Gasteiger partial charge on any atom is -0.205 e. The first-order chi connectivity index (χ1) is 6.27. The summed E-state index contributed by atoms with van der Waals surface area (Å²) >= 11 is 3.23. The zero-order valence-corrected chi connectivity index (χ0v) is 7.94. The van der Waals surface area contributed by atoms with Crippen LogP contribution in [-0.2, 0) is 0 Å². The summed E-state index contributed by atoms with van der Waals surface area (Å²) in [5, 5.41) is 10.4. The number of nitrogens with zero attached hydrogens (tertiary/aromatic N) is 4. The van der Waals surface area contributed by atoms with Crippen molar-refractivity contribution in [1.29, 1.82) is 0 Å². The van der Waals surface area contributed by atoms with E-state index in [2.05, 4.69) is 31.5 Å². The van der Waals surface area contributed by atoms with E-state index >= 15 is 0 Å². The van der Waals surface area contributed by atoms with Crippen LogP contribution in [0, 0.1) is 5.82 Å². The van der Waals surface area contributed by atoms with Gasteiger partial charge >= 0.3 is 0 Å². The van der Waals surface area contributed by atoms with Gasteiger partial charge in [0.05, 0.1) is 0 Å². The number of hydrogen-bond acceptors (Lipinski definition) is 3. The van der Waals surface area contributed by atoms with Gasteiger partial charge in [0.2, 0.25) is 0 Å². The molecule has 0 fully saturated rings. The van der Waals surface area contributed by atoms with E-state index in [1.807, 2.05) is 0 Å². The molecule has 4 nitrogen and oxygen atoms in total. The van der Waals surface area contributed by atoms with Crippen molar-refractivity contribution >= 4 is 15.9 Å². The maximum absolute atomic E-state index is 13.2. The summed E-state index contributed by atoms with van der Waals surface area (Å²) in [4.78, 5) is 0. The zero-order valence-electron chi connectivity index (χ0n) is 6.35. The van der Waals surface area contributed by atoms with Crippen LogP contribution in [0.15, 0.2) is 29.0 Å². The maximum Gasteiger partial charge on any atom is 0.149 e. The molecule has 2 rings (SSSR count). The fourth-order valence-electron chi connectivity index (χ4n) is 0.933. The lowest BCUT2D eigenvalue weighted by atomic mass is 10.3. The molecule has 0 radical (unpaired) electrons. The predicted octanol–water partition coefficient (Wildman–Crippen LogP) is 1.56. The molecule has 0 unspecified atom stereocenters. The number of aromatic nitrogens is 4. The van der Waals surface area contributed by atoms with Crippen LogP contribution < -0.4 is 0 Å². The molecule has 0 N–H and O–H groups in total. The maximum atomic E-state index is 13.2. The predicted molar refractivity (Wildman–Crippen MR) is 46.8 cm³/mol. The van der Waals surface area contributed by atoms with E-state index in [1.54, 1.807) is 12.1 Å².